The number of Topliss-reactive ketones (excluding diaryl/α,β-unsaturated/α-hetero) is 1. The lowest BCUT2D eigenvalue weighted by Gasteiger charge is -2.08. The van der Waals surface area contributed by atoms with E-state index in [0.717, 1.165) is 24.6 Å². The number of carbonyl (C=O) groups excluding carboxylic acids is 1. The van der Waals surface area contributed by atoms with Crippen molar-refractivity contribution < 1.29 is 4.79 Å². The third-order valence-electron chi connectivity index (χ3n) is 2.80. The summed E-state index contributed by atoms with van der Waals surface area (Å²) < 4.78 is 0. The second-order valence-corrected chi connectivity index (χ2v) is 4.84. The third kappa shape index (κ3) is 5.14. The number of carbonyl (C=O) groups is 1. The van der Waals surface area contributed by atoms with E-state index in [1.165, 1.54) is 12.0 Å². The van der Waals surface area contributed by atoms with Gasteiger partial charge in [-0.05, 0) is 30.5 Å². The zero-order chi connectivity index (χ0) is 12.7. The quantitative estimate of drug-likeness (QED) is 0.577. The molecule has 0 bridgehead atoms. The second kappa shape index (κ2) is 7.23. The van der Waals surface area contributed by atoms with E-state index in [1.54, 1.807) is 0 Å². The van der Waals surface area contributed by atoms with Gasteiger partial charge in [-0.3, -0.25) is 4.79 Å². The molecular weight excluding hydrogens is 210 g/mol. The fraction of sp³-hybridized carbons (Fsp3) is 0.533. The van der Waals surface area contributed by atoms with Gasteiger partial charge in [-0.1, -0.05) is 39.0 Å². The molecule has 0 radical (unpaired) electrons. The molecule has 94 valence electrons. The monoisotopic (exact) mass is 233 g/mol. The first-order chi connectivity index (χ1) is 8.13. The van der Waals surface area contributed by atoms with Crippen LogP contribution < -0.4 is 5.32 Å². The minimum atomic E-state index is 0.217. The average molecular weight is 233 g/mol. The number of hydrogen-bond acceptors (Lipinski definition) is 2. The molecule has 2 heteroatoms. The second-order valence-electron chi connectivity index (χ2n) is 4.84. The van der Waals surface area contributed by atoms with Gasteiger partial charge in [-0.25, -0.2) is 0 Å². The van der Waals surface area contributed by atoms with Crippen LogP contribution in [0.4, 0.5) is 0 Å². The van der Waals surface area contributed by atoms with Gasteiger partial charge in [0.05, 0.1) is 0 Å². The van der Waals surface area contributed by atoms with Gasteiger partial charge >= 0.3 is 0 Å². The maximum atomic E-state index is 11.6. The SMILES string of the molecule is CCC(=O)c1cccc(CNCCC(C)C)c1. The smallest absolute Gasteiger partial charge is 0.162 e. The van der Waals surface area contributed by atoms with Crippen LogP contribution in [0.15, 0.2) is 24.3 Å². The van der Waals surface area contributed by atoms with Crippen LogP contribution in [-0.4, -0.2) is 12.3 Å². The molecule has 1 aromatic rings. The standard InChI is InChI=1S/C15H23NO/c1-4-15(17)14-7-5-6-13(10-14)11-16-9-8-12(2)3/h5-7,10,12,16H,4,8-9,11H2,1-3H3. The first-order valence-electron chi connectivity index (χ1n) is 6.46. The van der Waals surface area contributed by atoms with Gasteiger partial charge in [-0.15, -0.1) is 0 Å². The Kier molecular flexibility index (Phi) is 5.92. The van der Waals surface area contributed by atoms with Gasteiger partial charge in [0.2, 0.25) is 0 Å². The number of ketones is 1. The summed E-state index contributed by atoms with van der Waals surface area (Å²) in [6.45, 7) is 8.22. The molecule has 0 saturated heterocycles. The summed E-state index contributed by atoms with van der Waals surface area (Å²) in [6, 6.07) is 7.91. The molecule has 1 rings (SSSR count). The van der Waals surface area contributed by atoms with Crippen LogP contribution in [0.1, 0.15) is 49.5 Å². The van der Waals surface area contributed by atoms with Gasteiger partial charge < -0.3 is 5.32 Å². The molecule has 0 saturated carbocycles. The molecule has 0 fully saturated rings. The fourth-order valence-electron chi connectivity index (χ4n) is 1.68. The molecule has 0 aliphatic rings. The van der Waals surface area contributed by atoms with Crippen LogP contribution in [-0.2, 0) is 6.54 Å². The van der Waals surface area contributed by atoms with Gasteiger partial charge in [0.25, 0.3) is 0 Å². The van der Waals surface area contributed by atoms with Crippen LogP contribution in [0.25, 0.3) is 0 Å². The number of rotatable bonds is 7. The van der Waals surface area contributed by atoms with Gasteiger partial charge in [-0.2, -0.15) is 0 Å². The predicted octanol–water partition coefficient (Wildman–Crippen LogP) is 3.42. The summed E-state index contributed by atoms with van der Waals surface area (Å²) in [5.41, 5.74) is 2.02. The van der Waals surface area contributed by atoms with Crippen molar-refractivity contribution in [1.29, 1.82) is 0 Å². The molecule has 1 aromatic carbocycles. The van der Waals surface area contributed by atoms with Crippen molar-refractivity contribution >= 4 is 5.78 Å². The Morgan fingerprint density at radius 3 is 2.76 bits per heavy atom. The Morgan fingerprint density at radius 2 is 2.12 bits per heavy atom. The van der Waals surface area contributed by atoms with E-state index in [4.69, 9.17) is 0 Å². The molecule has 0 atom stereocenters. The van der Waals surface area contributed by atoms with E-state index < -0.39 is 0 Å². The highest BCUT2D eigenvalue weighted by atomic mass is 16.1. The van der Waals surface area contributed by atoms with Crippen molar-refractivity contribution in [1.82, 2.24) is 5.32 Å². The van der Waals surface area contributed by atoms with Crippen LogP contribution >= 0.6 is 0 Å². The molecular formula is C15H23NO. The molecule has 0 unspecified atom stereocenters. The maximum absolute atomic E-state index is 11.6. The summed E-state index contributed by atoms with van der Waals surface area (Å²) in [7, 11) is 0. The molecule has 0 amide bonds. The number of hydrogen-bond donors (Lipinski definition) is 1. The Balaban J connectivity index is 2.46. The Bertz CT molecular complexity index is 358. The molecule has 0 heterocycles. The van der Waals surface area contributed by atoms with Crippen LogP contribution in [0, 0.1) is 5.92 Å². The summed E-state index contributed by atoms with van der Waals surface area (Å²) in [5.74, 6) is 0.949. The minimum Gasteiger partial charge on any atom is -0.313 e. The van der Waals surface area contributed by atoms with Crippen molar-refractivity contribution in [3.8, 4) is 0 Å². The van der Waals surface area contributed by atoms with Gasteiger partial charge in [0, 0.05) is 18.5 Å². The van der Waals surface area contributed by atoms with Crippen molar-refractivity contribution in [2.45, 2.75) is 40.2 Å². The maximum Gasteiger partial charge on any atom is 0.162 e. The van der Waals surface area contributed by atoms with E-state index in [0.29, 0.717) is 6.42 Å². The molecule has 17 heavy (non-hydrogen) atoms. The lowest BCUT2D eigenvalue weighted by molar-refractivity contribution is 0.0988. The molecule has 2 nitrogen and oxygen atoms in total. The zero-order valence-electron chi connectivity index (χ0n) is 11.1. The summed E-state index contributed by atoms with van der Waals surface area (Å²) in [6.07, 6.45) is 1.76. The average Bonchev–Trinajstić information content (AvgIpc) is 2.34. The Labute approximate surface area is 104 Å². The van der Waals surface area contributed by atoms with Crippen molar-refractivity contribution in [2.75, 3.05) is 6.54 Å². The lowest BCUT2D eigenvalue weighted by Crippen LogP contribution is -2.16. The predicted molar refractivity (Wildman–Crippen MR) is 72.2 cm³/mol. The molecule has 1 N–H and O–H groups in total. The van der Waals surface area contributed by atoms with Crippen LogP contribution in [0.3, 0.4) is 0 Å². The Morgan fingerprint density at radius 1 is 1.35 bits per heavy atom. The van der Waals surface area contributed by atoms with E-state index in [9.17, 15) is 4.79 Å². The van der Waals surface area contributed by atoms with E-state index in [2.05, 4.69) is 25.2 Å². The molecule has 0 aliphatic carbocycles. The van der Waals surface area contributed by atoms with Gasteiger partial charge in [0.1, 0.15) is 0 Å². The summed E-state index contributed by atoms with van der Waals surface area (Å²) >= 11 is 0. The van der Waals surface area contributed by atoms with Crippen molar-refractivity contribution in [3.63, 3.8) is 0 Å². The first-order valence-corrected chi connectivity index (χ1v) is 6.46. The first kappa shape index (κ1) is 13.9. The van der Waals surface area contributed by atoms with Crippen molar-refractivity contribution in [3.05, 3.63) is 35.4 Å². The number of nitrogens with one attached hydrogen (secondary N) is 1. The highest BCUT2D eigenvalue weighted by molar-refractivity contribution is 5.95. The largest absolute Gasteiger partial charge is 0.313 e. The molecule has 0 aromatic heterocycles. The van der Waals surface area contributed by atoms with E-state index >= 15 is 0 Å². The molecule has 0 aliphatic heterocycles. The van der Waals surface area contributed by atoms with Crippen molar-refractivity contribution in [2.24, 2.45) is 5.92 Å². The van der Waals surface area contributed by atoms with Gasteiger partial charge in [0.15, 0.2) is 5.78 Å². The van der Waals surface area contributed by atoms with E-state index in [1.807, 2.05) is 25.1 Å². The fourth-order valence-corrected chi connectivity index (χ4v) is 1.68. The third-order valence-corrected chi connectivity index (χ3v) is 2.80. The zero-order valence-corrected chi connectivity index (χ0v) is 11.1. The molecule has 0 spiro atoms. The van der Waals surface area contributed by atoms with Crippen LogP contribution in [0.5, 0.6) is 0 Å². The van der Waals surface area contributed by atoms with Crippen LogP contribution in [0.2, 0.25) is 0 Å². The Hall–Kier alpha value is -1.15. The summed E-state index contributed by atoms with van der Waals surface area (Å²) in [4.78, 5) is 11.6. The highest BCUT2D eigenvalue weighted by Crippen LogP contribution is 2.08. The lowest BCUT2D eigenvalue weighted by atomic mass is 10.1. The normalized spacial score (nSPS) is 10.8. The topological polar surface area (TPSA) is 29.1 Å². The summed E-state index contributed by atoms with van der Waals surface area (Å²) in [5, 5.41) is 3.41. The highest BCUT2D eigenvalue weighted by Gasteiger charge is 2.03. The number of benzene rings is 1. The van der Waals surface area contributed by atoms with E-state index in [-0.39, 0.29) is 5.78 Å². The minimum absolute atomic E-state index is 0.217.